The highest BCUT2D eigenvalue weighted by Crippen LogP contribution is 2.27. The topological polar surface area (TPSA) is 44.3 Å². The average molecular weight is 444 g/mol. The molecule has 172 valence electrons. The lowest BCUT2D eigenvalue weighted by molar-refractivity contribution is 0.228. The van der Waals surface area contributed by atoms with Gasteiger partial charge in [0.15, 0.2) is 5.65 Å². The first kappa shape index (κ1) is 20.5. The van der Waals surface area contributed by atoms with Crippen molar-refractivity contribution in [2.75, 3.05) is 55.6 Å². The number of piperazine rings is 1. The Morgan fingerprint density at radius 2 is 1.76 bits per heavy atom. The minimum absolute atomic E-state index is 0.845. The fourth-order valence-corrected chi connectivity index (χ4v) is 5.52. The standard InChI is InChI=1S/C26H33N7/c1-21-19-28-26-24(3-2-10-33(21)26)31-17-15-29(16-18-31)11-6-22-7-12-30(13-8-22)23-4-5-25-27-9-14-32(25)20-23/h2-5,9-10,14,19-20,22H,6-8,11-13,15-18H2,1H3. The van der Waals surface area contributed by atoms with Crippen LogP contribution in [0.3, 0.4) is 0 Å². The quantitative estimate of drug-likeness (QED) is 0.470. The van der Waals surface area contributed by atoms with Gasteiger partial charge in [0.2, 0.25) is 0 Å². The number of aromatic nitrogens is 4. The number of pyridine rings is 2. The number of hydrogen-bond acceptors (Lipinski definition) is 5. The maximum atomic E-state index is 4.65. The van der Waals surface area contributed by atoms with E-state index in [4.69, 9.17) is 0 Å². The van der Waals surface area contributed by atoms with Gasteiger partial charge >= 0.3 is 0 Å². The van der Waals surface area contributed by atoms with Crippen molar-refractivity contribution in [3.63, 3.8) is 0 Å². The predicted molar refractivity (Wildman–Crippen MR) is 133 cm³/mol. The Hall–Kier alpha value is -3.06. The van der Waals surface area contributed by atoms with Crippen LogP contribution >= 0.6 is 0 Å². The van der Waals surface area contributed by atoms with Crippen LogP contribution in [0, 0.1) is 12.8 Å². The van der Waals surface area contributed by atoms with Gasteiger partial charge < -0.3 is 18.6 Å². The van der Waals surface area contributed by atoms with Gasteiger partial charge in [-0.15, -0.1) is 0 Å². The first-order valence-electron chi connectivity index (χ1n) is 12.3. The second-order valence-corrected chi connectivity index (χ2v) is 9.61. The van der Waals surface area contributed by atoms with Crippen molar-refractivity contribution >= 4 is 22.7 Å². The van der Waals surface area contributed by atoms with Crippen LogP contribution < -0.4 is 9.80 Å². The molecule has 0 aromatic carbocycles. The molecule has 0 N–H and O–H groups in total. The third kappa shape index (κ3) is 4.06. The van der Waals surface area contributed by atoms with E-state index in [1.54, 1.807) is 0 Å². The van der Waals surface area contributed by atoms with Crippen molar-refractivity contribution < 1.29 is 0 Å². The number of hydrogen-bond donors (Lipinski definition) is 0. The molecule has 0 unspecified atom stereocenters. The Morgan fingerprint density at radius 1 is 0.909 bits per heavy atom. The Kier molecular flexibility index (Phi) is 5.42. The first-order chi connectivity index (χ1) is 16.2. The molecule has 2 saturated heterocycles. The zero-order chi connectivity index (χ0) is 22.2. The molecule has 0 amide bonds. The molecule has 0 bridgehead atoms. The van der Waals surface area contributed by atoms with Crippen LogP contribution in [0.4, 0.5) is 11.4 Å². The summed E-state index contributed by atoms with van der Waals surface area (Å²) in [5.41, 5.74) is 5.88. The fraction of sp³-hybridized carbons (Fsp3) is 0.462. The average Bonchev–Trinajstić information content (AvgIpc) is 3.49. The molecule has 0 radical (unpaired) electrons. The molecule has 0 spiro atoms. The van der Waals surface area contributed by atoms with Crippen LogP contribution in [-0.4, -0.2) is 69.5 Å². The van der Waals surface area contributed by atoms with Crippen LogP contribution in [-0.2, 0) is 0 Å². The summed E-state index contributed by atoms with van der Waals surface area (Å²) in [6, 6.07) is 8.70. The van der Waals surface area contributed by atoms with E-state index < -0.39 is 0 Å². The number of nitrogens with zero attached hydrogens (tertiary/aromatic N) is 7. The minimum Gasteiger partial charge on any atom is -0.370 e. The van der Waals surface area contributed by atoms with E-state index in [1.807, 2.05) is 18.6 Å². The second kappa shape index (κ2) is 8.71. The summed E-state index contributed by atoms with van der Waals surface area (Å²) in [6.07, 6.45) is 14.1. The zero-order valence-electron chi connectivity index (χ0n) is 19.5. The van der Waals surface area contributed by atoms with Crippen molar-refractivity contribution in [3.05, 3.63) is 60.9 Å². The molecule has 7 nitrogen and oxygen atoms in total. The maximum absolute atomic E-state index is 4.65. The molecule has 0 saturated carbocycles. The maximum Gasteiger partial charge on any atom is 0.160 e. The summed E-state index contributed by atoms with van der Waals surface area (Å²) in [6.45, 7) is 10.1. The van der Waals surface area contributed by atoms with Crippen molar-refractivity contribution in [2.45, 2.75) is 26.2 Å². The van der Waals surface area contributed by atoms with E-state index in [2.05, 4.69) is 77.1 Å². The second-order valence-electron chi connectivity index (χ2n) is 9.61. The molecule has 0 atom stereocenters. The molecule has 0 aliphatic carbocycles. The van der Waals surface area contributed by atoms with Gasteiger partial charge in [-0.1, -0.05) is 0 Å². The molecule has 7 heteroatoms. The highest BCUT2D eigenvalue weighted by molar-refractivity contribution is 5.69. The van der Waals surface area contributed by atoms with Crippen molar-refractivity contribution in [1.29, 1.82) is 0 Å². The summed E-state index contributed by atoms with van der Waals surface area (Å²) >= 11 is 0. The van der Waals surface area contributed by atoms with Crippen molar-refractivity contribution in [2.24, 2.45) is 5.92 Å². The Balaban J connectivity index is 0.981. The zero-order valence-corrected chi connectivity index (χ0v) is 19.5. The van der Waals surface area contributed by atoms with E-state index in [0.29, 0.717) is 0 Å². The number of imidazole rings is 2. The Bertz CT molecular complexity index is 1230. The van der Waals surface area contributed by atoms with Gasteiger partial charge in [0.25, 0.3) is 0 Å². The van der Waals surface area contributed by atoms with E-state index in [1.165, 1.54) is 42.9 Å². The molecular weight excluding hydrogens is 410 g/mol. The van der Waals surface area contributed by atoms with Gasteiger partial charge in [-0.25, -0.2) is 9.97 Å². The van der Waals surface area contributed by atoms with Crippen LogP contribution in [0.25, 0.3) is 11.3 Å². The predicted octanol–water partition coefficient (Wildman–Crippen LogP) is 3.72. The smallest absolute Gasteiger partial charge is 0.160 e. The largest absolute Gasteiger partial charge is 0.370 e. The van der Waals surface area contributed by atoms with Crippen LogP contribution in [0.1, 0.15) is 25.0 Å². The van der Waals surface area contributed by atoms with E-state index in [9.17, 15) is 0 Å². The Labute approximate surface area is 195 Å². The number of rotatable bonds is 5. The number of fused-ring (bicyclic) bond motifs is 2. The first-order valence-corrected chi connectivity index (χ1v) is 12.3. The normalized spacial score (nSPS) is 18.6. The lowest BCUT2D eigenvalue weighted by Crippen LogP contribution is -2.47. The van der Waals surface area contributed by atoms with Crippen molar-refractivity contribution in [1.82, 2.24) is 23.7 Å². The summed E-state index contributed by atoms with van der Waals surface area (Å²) in [7, 11) is 0. The lowest BCUT2D eigenvalue weighted by atomic mass is 9.93. The van der Waals surface area contributed by atoms with E-state index in [-0.39, 0.29) is 0 Å². The van der Waals surface area contributed by atoms with Gasteiger partial charge in [0.05, 0.1) is 11.4 Å². The highest BCUT2D eigenvalue weighted by atomic mass is 15.3. The molecule has 2 aliphatic rings. The van der Waals surface area contributed by atoms with E-state index >= 15 is 0 Å². The third-order valence-corrected chi connectivity index (χ3v) is 7.62. The highest BCUT2D eigenvalue weighted by Gasteiger charge is 2.23. The summed E-state index contributed by atoms with van der Waals surface area (Å²) in [4.78, 5) is 16.7. The van der Waals surface area contributed by atoms with Gasteiger partial charge in [-0.05, 0) is 62.9 Å². The van der Waals surface area contributed by atoms with Gasteiger partial charge in [-0.2, -0.15) is 0 Å². The minimum atomic E-state index is 0.845. The molecule has 4 aromatic heterocycles. The summed E-state index contributed by atoms with van der Waals surface area (Å²) in [5.74, 6) is 0.845. The summed E-state index contributed by atoms with van der Waals surface area (Å²) < 4.78 is 4.32. The molecule has 6 heterocycles. The lowest BCUT2D eigenvalue weighted by Gasteiger charge is -2.38. The van der Waals surface area contributed by atoms with Gasteiger partial charge in [0.1, 0.15) is 5.65 Å². The molecule has 6 rings (SSSR count). The third-order valence-electron chi connectivity index (χ3n) is 7.62. The van der Waals surface area contributed by atoms with Crippen LogP contribution in [0.15, 0.2) is 55.2 Å². The monoisotopic (exact) mass is 443 g/mol. The van der Waals surface area contributed by atoms with Crippen LogP contribution in [0.2, 0.25) is 0 Å². The fourth-order valence-electron chi connectivity index (χ4n) is 5.52. The van der Waals surface area contributed by atoms with Crippen LogP contribution in [0.5, 0.6) is 0 Å². The number of piperidine rings is 1. The van der Waals surface area contributed by atoms with Crippen molar-refractivity contribution in [3.8, 4) is 0 Å². The molecular formula is C26H33N7. The molecule has 2 fully saturated rings. The van der Waals surface area contributed by atoms with Gasteiger partial charge in [0, 0.05) is 75.9 Å². The summed E-state index contributed by atoms with van der Waals surface area (Å²) in [5, 5.41) is 0. The molecule has 33 heavy (non-hydrogen) atoms. The number of anilines is 2. The molecule has 2 aliphatic heterocycles. The number of aryl methyl sites for hydroxylation is 1. The molecule has 4 aromatic rings. The Morgan fingerprint density at radius 3 is 2.61 bits per heavy atom. The van der Waals surface area contributed by atoms with E-state index in [0.717, 1.165) is 56.5 Å². The SMILES string of the molecule is Cc1cnc2c(N3CCN(CCC4CCN(c5ccc6nccn6c5)CC4)CC3)cccn12. The van der Waals surface area contributed by atoms with Gasteiger partial charge in [-0.3, -0.25) is 4.90 Å².